The van der Waals surface area contributed by atoms with Crippen LogP contribution in [0.25, 0.3) is 10.9 Å². The number of alkyl carbamates (subject to hydrolysis) is 2. The number of aromatic nitrogens is 1. The fraction of sp³-hybridized carbons (Fsp3) is 0.514. The first-order chi connectivity index (χ1) is 23.6. The number of ether oxygens (including phenoxy) is 2. The smallest absolute Gasteiger partial charge is 0.407 e. The Hall–Kier alpha value is -4.72. The molecule has 3 unspecified atom stereocenters. The van der Waals surface area contributed by atoms with E-state index in [4.69, 9.17) is 9.47 Å². The molecule has 1 heterocycles. The molecule has 3 atom stereocenters. The average Bonchev–Trinajstić information content (AvgIpc) is 3.41. The Bertz CT molecular complexity index is 1680. The summed E-state index contributed by atoms with van der Waals surface area (Å²) in [5.41, 5.74) is -0.738. The summed E-state index contributed by atoms with van der Waals surface area (Å²) in [6, 6.07) is 8.50. The molecular weight excluding hydrogens is 664 g/mol. The largest absolute Gasteiger partial charge is 0.444 e. The molecule has 0 saturated carbocycles. The Balaban J connectivity index is 1.63. The number of benzene rings is 2. The van der Waals surface area contributed by atoms with E-state index in [1.807, 2.05) is 24.3 Å². The Morgan fingerprint density at radius 3 is 2.06 bits per heavy atom. The highest BCUT2D eigenvalue weighted by molar-refractivity contribution is 5.85. The number of H-pyrrole nitrogens is 1. The molecule has 0 aliphatic carbocycles. The van der Waals surface area contributed by atoms with Gasteiger partial charge in [0, 0.05) is 42.7 Å². The van der Waals surface area contributed by atoms with E-state index in [1.54, 1.807) is 61.6 Å². The van der Waals surface area contributed by atoms with Gasteiger partial charge in [0.05, 0.1) is 6.04 Å². The standard InChI is InChI=1S/C37H51F2N5O7/c1-35(2,3)50-33(48)43-25(16-22-15-24(38)13-14-27(22)39)18-30(45)41-20-37(7,8)21-42-32(47)31(46)29(44-34(49)51-36(4,5)6)17-23-19-40-28-12-10-9-11-26(23)28/h9-15,19,25,29,31,40,46H,16-18,20-21H2,1-8H3,(H,41,45)(H,42,47)(H,43,48)(H,44,49). The molecule has 3 aromatic rings. The Labute approximate surface area is 297 Å². The van der Waals surface area contributed by atoms with Crippen LogP contribution in [0.15, 0.2) is 48.7 Å². The average molecular weight is 716 g/mol. The zero-order chi connectivity index (χ0) is 38.1. The number of aromatic amines is 1. The molecule has 6 N–H and O–H groups in total. The number of hydrogen-bond donors (Lipinski definition) is 6. The lowest BCUT2D eigenvalue weighted by molar-refractivity contribution is -0.131. The van der Waals surface area contributed by atoms with E-state index in [2.05, 4.69) is 26.3 Å². The molecular formula is C37H51F2N5O7. The first kappa shape index (κ1) is 40.7. The number of rotatable bonds is 14. The van der Waals surface area contributed by atoms with Gasteiger partial charge in [0.2, 0.25) is 5.91 Å². The van der Waals surface area contributed by atoms with Crippen LogP contribution in [0.1, 0.15) is 72.9 Å². The fourth-order valence-electron chi connectivity index (χ4n) is 5.16. The molecule has 2 aromatic carbocycles. The van der Waals surface area contributed by atoms with Crippen molar-refractivity contribution in [2.24, 2.45) is 5.41 Å². The van der Waals surface area contributed by atoms with E-state index in [-0.39, 0.29) is 37.9 Å². The van der Waals surface area contributed by atoms with Crippen molar-refractivity contribution in [1.29, 1.82) is 0 Å². The minimum absolute atomic E-state index is 0.0189. The quantitative estimate of drug-likeness (QED) is 0.136. The number of nitrogens with one attached hydrogen (secondary N) is 5. The molecule has 0 spiro atoms. The zero-order valence-electron chi connectivity index (χ0n) is 30.5. The molecule has 0 fully saturated rings. The van der Waals surface area contributed by atoms with Gasteiger partial charge in [-0.15, -0.1) is 0 Å². The number of carbonyl (C=O) groups excluding carboxylic acids is 4. The SMILES string of the molecule is CC(C)(CNC(=O)CC(Cc1cc(F)ccc1F)NC(=O)OC(C)(C)C)CNC(=O)C(O)C(Cc1c[nH]c2ccccc12)NC(=O)OC(C)(C)C. The minimum Gasteiger partial charge on any atom is -0.444 e. The number of fused-ring (bicyclic) bond motifs is 1. The second kappa shape index (κ2) is 17.0. The molecule has 0 aliphatic rings. The maximum atomic E-state index is 14.4. The third-order valence-electron chi connectivity index (χ3n) is 7.60. The number of aliphatic hydroxyl groups excluding tert-OH is 1. The summed E-state index contributed by atoms with van der Waals surface area (Å²) in [6.45, 7) is 13.8. The summed E-state index contributed by atoms with van der Waals surface area (Å²) in [4.78, 5) is 54.6. The molecule has 51 heavy (non-hydrogen) atoms. The zero-order valence-corrected chi connectivity index (χ0v) is 30.5. The van der Waals surface area contributed by atoms with Crippen LogP contribution in [0, 0.1) is 17.0 Å². The number of hydrogen-bond acceptors (Lipinski definition) is 7. The van der Waals surface area contributed by atoms with E-state index in [9.17, 15) is 33.1 Å². The highest BCUT2D eigenvalue weighted by atomic mass is 19.1. The first-order valence-corrected chi connectivity index (χ1v) is 16.8. The van der Waals surface area contributed by atoms with Crippen LogP contribution in [-0.2, 0) is 31.9 Å². The van der Waals surface area contributed by atoms with E-state index in [1.165, 1.54) is 0 Å². The van der Waals surface area contributed by atoms with Crippen LogP contribution in [-0.4, -0.2) is 76.6 Å². The van der Waals surface area contributed by atoms with E-state index < -0.39 is 70.4 Å². The van der Waals surface area contributed by atoms with Crippen LogP contribution in [0.3, 0.4) is 0 Å². The first-order valence-electron chi connectivity index (χ1n) is 16.8. The van der Waals surface area contributed by atoms with Gasteiger partial charge >= 0.3 is 12.2 Å². The van der Waals surface area contributed by atoms with Gasteiger partial charge in [-0.05, 0) is 95.2 Å². The maximum Gasteiger partial charge on any atom is 0.407 e. The van der Waals surface area contributed by atoms with Crippen molar-refractivity contribution in [2.45, 2.75) is 104 Å². The summed E-state index contributed by atoms with van der Waals surface area (Å²) in [6.07, 6.45) is -1.83. The highest BCUT2D eigenvalue weighted by Gasteiger charge is 2.32. The van der Waals surface area contributed by atoms with Crippen molar-refractivity contribution in [3.8, 4) is 0 Å². The molecule has 12 nitrogen and oxygen atoms in total. The number of amides is 4. The van der Waals surface area contributed by atoms with Gasteiger partial charge in [0.15, 0.2) is 6.10 Å². The third-order valence-corrected chi connectivity index (χ3v) is 7.60. The van der Waals surface area contributed by atoms with E-state index in [0.717, 1.165) is 34.7 Å². The summed E-state index contributed by atoms with van der Waals surface area (Å²) in [5.74, 6) is -2.58. The number of halogens is 2. The van der Waals surface area contributed by atoms with Gasteiger partial charge in [-0.25, -0.2) is 18.4 Å². The van der Waals surface area contributed by atoms with E-state index >= 15 is 0 Å². The topological polar surface area (TPSA) is 171 Å². The lowest BCUT2D eigenvalue weighted by Crippen LogP contribution is -2.54. The van der Waals surface area contributed by atoms with Gasteiger partial charge in [0.1, 0.15) is 22.8 Å². The van der Waals surface area contributed by atoms with Crippen LogP contribution >= 0.6 is 0 Å². The Kier molecular flexibility index (Phi) is 13.6. The predicted molar refractivity (Wildman–Crippen MR) is 189 cm³/mol. The summed E-state index contributed by atoms with van der Waals surface area (Å²) in [5, 5.41) is 22.7. The Morgan fingerprint density at radius 2 is 1.41 bits per heavy atom. The van der Waals surface area contributed by atoms with Crippen molar-refractivity contribution >= 4 is 34.9 Å². The van der Waals surface area contributed by atoms with Crippen molar-refractivity contribution in [1.82, 2.24) is 26.3 Å². The predicted octanol–water partition coefficient (Wildman–Crippen LogP) is 5.03. The van der Waals surface area contributed by atoms with Gasteiger partial charge in [-0.2, -0.15) is 0 Å². The van der Waals surface area contributed by atoms with Gasteiger partial charge < -0.3 is 40.8 Å². The second-order valence-corrected chi connectivity index (χ2v) is 15.4. The lowest BCUT2D eigenvalue weighted by Gasteiger charge is -2.29. The number of para-hydroxylation sites is 1. The third kappa shape index (κ3) is 13.8. The molecule has 4 amide bonds. The number of aliphatic hydroxyl groups is 1. The lowest BCUT2D eigenvalue weighted by atomic mass is 9.92. The highest BCUT2D eigenvalue weighted by Crippen LogP contribution is 2.21. The van der Waals surface area contributed by atoms with Crippen molar-refractivity contribution in [3.63, 3.8) is 0 Å². The monoisotopic (exact) mass is 715 g/mol. The van der Waals surface area contributed by atoms with Crippen molar-refractivity contribution < 1.29 is 42.5 Å². The summed E-state index contributed by atoms with van der Waals surface area (Å²) >= 11 is 0. The molecule has 0 saturated heterocycles. The summed E-state index contributed by atoms with van der Waals surface area (Å²) < 4.78 is 39.0. The van der Waals surface area contributed by atoms with Crippen LogP contribution < -0.4 is 21.3 Å². The molecule has 0 aliphatic heterocycles. The molecule has 14 heteroatoms. The van der Waals surface area contributed by atoms with E-state index in [0.29, 0.717) is 0 Å². The molecule has 3 rings (SSSR count). The maximum absolute atomic E-state index is 14.4. The fourth-order valence-corrected chi connectivity index (χ4v) is 5.16. The van der Waals surface area contributed by atoms with Gasteiger partial charge in [-0.1, -0.05) is 32.0 Å². The molecule has 280 valence electrons. The minimum atomic E-state index is -1.65. The van der Waals surface area contributed by atoms with Crippen molar-refractivity contribution in [2.75, 3.05) is 13.1 Å². The molecule has 0 bridgehead atoms. The van der Waals surface area contributed by atoms with Gasteiger partial charge in [0.25, 0.3) is 5.91 Å². The molecule has 1 aromatic heterocycles. The van der Waals surface area contributed by atoms with Gasteiger partial charge in [-0.3, -0.25) is 9.59 Å². The molecule has 0 radical (unpaired) electrons. The van der Waals surface area contributed by atoms with Crippen LogP contribution in [0.4, 0.5) is 18.4 Å². The van der Waals surface area contributed by atoms with Crippen LogP contribution in [0.2, 0.25) is 0 Å². The number of carbonyl (C=O) groups is 4. The normalized spacial score (nSPS) is 13.9. The Morgan fingerprint density at radius 1 is 0.804 bits per heavy atom. The van der Waals surface area contributed by atoms with Crippen LogP contribution in [0.5, 0.6) is 0 Å². The summed E-state index contributed by atoms with van der Waals surface area (Å²) in [7, 11) is 0. The van der Waals surface area contributed by atoms with Crippen molar-refractivity contribution in [3.05, 3.63) is 71.4 Å². The second-order valence-electron chi connectivity index (χ2n) is 15.4.